The lowest BCUT2D eigenvalue weighted by Crippen LogP contribution is -2.29. The Morgan fingerprint density at radius 1 is 1.07 bits per heavy atom. The van der Waals surface area contributed by atoms with Crippen LogP contribution in [0.1, 0.15) is 35.7 Å². The molecule has 13 heteroatoms. The number of aromatic nitrogens is 3. The van der Waals surface area contributed by atoms with Gasteiger partial charge in [0.1, 0.15) is 11.4 Å². The van der Waals surface area contributed by atoms with E-state index in [2.05, 4.69) is 32.6 Å². The fraction of sp³-hybridized carbons (Fsp3) is 0.242. The van der Waals surface area contributed by atoms with E-state index in [0.717, 1.165) is 35.7 Å². The van der Waals surface area contributed by atoms with Crippen LogP contribution in [0.25, 0.3) is 28.1 Å². The van der Waals surface area contributed by atoms with Crippen LogP contribution < -0.4 is 21.5 Å². The summed E-state index contributed by atoms with van der Waals surface area (Å²) >= 11 is 6.05. The molecule has 0 unspecified atom stereocenters. The number of amides is 3. The number of hydrogen-bond acceptors (Lipinski definition) is 8. The molecule has 1 saturated carbocycles. The summed E-state index contributed by atoms with van der Waals surface area (Å²) < 4.78 is 1.23. The van der Waals surface area contributed by atoms with E-state index in [1.165, 1.54) is 16.9 Å². The first-order valence-electron chi connectivity index (χ1n) is 14.7. The molecule has 5 N–H and O–H groups in total. The van der Waals surface area contributed by atoms with Gasteiger partial charge in [-0.1, -0.05) is 36.4 Å². The average Bonchev–Trinajstić information content (AvgIpc) is 3.87. The van der Waals surface area contributed by atoms with Gasteiger partial charge >= 0.3 is 6.03 Å². The zero-order chi connectivity index (χ0) is 33.0. The summed E-state index contributed by atoms with van der Waals surface area (Å²) in [4.78, 5) is 44.6. The minimum absolute atomic E-state index is 0.0224. The number of benzene rings is 2. The summed E-state index contributed by atoms with van der Waals surface area (Å²) in [6, 6.07) is 13.8. The zero-order valence-electron chi connectivity index (χ0n) is 25.4. The van der Waals surface area contributed by atoms with Crippen molar-refractivity contribution < 1.29 is 19.8 Å². The minimum atomic E-state index is -0.797. The van der Waals surface area contributed by atoms with Crippen molar-refractivity contribution in [3.63, 3.8) is 0 Å². The monoisotopic (exact) mass is 643 g/mol. The molecule has 1 aliphatic rings. The third-order valence-electron chi connectivity index (χ3n) is 7.47. The van der Waals surface area contributed by atoms with Gasteiger partial charge in [0, 0.05) is 49.2 Å². The van der Waals surface area contributed by atoms with E-state index in [1.54, 1.807) is 13.0 Å². The highest BCUT2D eigenvalue weighted by Crippen LogP contribution is 2.32. The predicted molar refractivity (Wildman–Crippen MR) is 178 cm³/mol. The van der Waals surface area contributed by atoms with E-state index < -0.39 is 11.6 Å². The molecule has 0 atom stereocenters. The first-order valence-corrected chi connectivity index (χ1v) is 15.1. The number of hydrogen-bond donors (Lipinski definition) is 5. The van der Waals surface area contributed by atoms with E-state index in [4.69, 9.17) is 11.6 Å². The number of urea groups is 1. The molecule has 1 aliphatic carbocycles. The van der Waals surface area contributed by atoms with Crippen molar-refractivity contribution in [2.24, 2.45) is 0 Å². The second-order valence-corrected chi connectivity index (χ2v) is 11.3. The maximum atomic E-state index is 13.1. The van der Waals surface area contributed by atoms with Crippen molar-refractivity contribution in [3.05, 3.63) is 94.0 Å². The van der Waals surface area contributed by atoms with Crippen LogP contribution in [0.15, 0.2) is 72.3 Å². The molecule has 5 rings (SSSR count). The van der Waals surface area contributed by atoms with Crippen LogP contribution in [-0.4, -0.2) is 68.1 Å². The Balaban J connectivity index is 1.50. The molecule has 2 aromatic carbocycles. The van der Waals surface area contributed by atoms with Crippen molar-refractivity contribution in [2.75, 3.05) is 30.8 Å². The molecular weight excluding hydrogens is 610 g/mol. The summed E-state index contributed by atoms with van der Waals surface area (Å²) in [5.41, 5.74) is 3.87. The van der Waals surface area contributed by atoms with Gasteiger partial charge in [-0.3, -0.25) is 14.6 Å². The number of rotatable bonds is 11. The molecule has 4 aromatic rings. The molecule has 0 radical (unpaired) electrons. The van der Waals surface area contributed by atoms with Crippen molar-refractivity contribution in [1.82, 2.24) is 25.0 Å². The van der Waals surface area contributed by atoms with Gasteiger partial charge < -0.3 is 31.1 Å². The number of carbonyl (C=O) groups excluding carboxylic acids is 2. The van der Waals surface area contributed by atoms with Gasteiger partial charge in [-0.15, -0.1) is 0 Å². The number of pyridine rings is 1. The zero-order valence-corrected chi connectivity index (χ0v) is 26.1. The van der Waals surface area contributed by atoms with Crippen LogP contribution in [0.4, 0.5) is 16.2 Å². The highest BCUT2D eigenvalue weighted by molar-refractivity contribution is 6.34. The Labute approximate surface area is 270 Å². The summed E-state index contributed by atoms with van der Waals surface area (Å²) in [6.07, 6.45) is 4.31. The number of likely N-dealkylation sites (N-methyl/N-ethyl adjacent to an activating group) is 1. The lowest BCUT2D eigenvalue weighted by atomic mass is 9.96. The highest BCUT2D eigenvalue weighted by Gasteiger charge is 2.24. The first-order chi connectivity index (χ1) is 22.1. The van der Waals surface area contributed by atoms with Crippen molar-refractivity contribution in [1.29, 1.82) is 0 Å². The summed E-state index contributed by atoms with van der Waals surface area (Å²) in [5, 5.41) is 32.0. The topological polar surface area (TPSA) is 162 Å². The van der Waals surface area contributed by atoms with Gasteiger partial charge in [-0.05, 0) is 66.8 Å². The number of carbonyl (C=O) groups is 2. The van der Waals surface area contributed by atoms with E-state index in [9.17, 15) is 24.6 Å². The lowest BCUT2D eigenvalue weighted by Gasteiger charge is -2.22. The second-order valence-electron chi connectivity index (χ2n) is 10.9. The number of halogens is 1. The number of nitrogens with one attached hydrogen (secondary N) is 3. The molecule has 0 saturated heterocycles. The smallest absolute Gasteiger partial charge is 0.323 e. The van der Waals surface area contributed by atoms with Crippen LogP contribution >= 0.6 is 11.6 Å². The van der Waals surface area contributed by atoms with Crippen LogP contribution in [0, 0.1) is 0 Å². The number of aliphatic hydroxyl groups excluding tert-OH is 1. The molecule has 2 heterocycles. The molecule has 238 valence electrons. The molecule has 2 aromatic heterocycles. The highest BCUT2D eigenvalue weighted by atomic mass is 35.5. The van der Waals surface area contributed by atoms with Crippen LogP contribution in [0.3, 0.4) is 0 Å². The fourth-order valence-electron chi connectivity index (χ4n) is 4.75. The van der Waals surface area contributed by atoms with Crippen molar-refractivity contribution in [3.8, 4) is 28.1 Å². The van der Waals surface area contributed by atoms with Crippen LogP contribution in [-0.2, 0) is 6.54 Å². The Kier molecular flexibility index (Phi) is 9.69. The summed E-state index contributed by atoms with van der Waals surface area (Å²) in [5.74, 6) is -0.506. The van der Waals surface area contributed by atoms with Crippen LogP contribution in [0.5, 0.6) is 5.75 Å². The van der Waals surface area contributed by atoms with Crippen molar-refractivity contribution in [2.45, 2.75) is 32.4 Å². The van der Waals surface area contributed by atoms with Crippen LogP contribution in [0.2, 0.25) is 5.02 Å². The second kappa shape index (κ2) is 13.8. The minimum Gasteiger partial charge on any atom is -0.504 e. The fourth-order valence-corrected chi connectivity index (χ4v) is 4.95. The number of aromatic hydroxyl groups is 1. The number of anilines is 2. The predicted octanol–water partition coefficient (Wildman–Crippen LogP) is 4.78. The Morgan fingerprint density at radius 2 is 1.80 bits per heavy atom. The molecule has 0 spiro atoms. The normalized spacial score (nSPS) is 12.3. The standard InChI is InChI=1S/C33H34ClN7O5/c1-4-41-32(45)28(37-33(46)38-30-26(34)17-35-18-29(30)43)16-27(39-41)21-7-5-6-20(12-21)23-13-22(19(2)40(3)10-11-42)14-24(15-23)31(44)36-25-8-9-25/h5-7,12-18,25,42-43H,2,4,8-11H2,1,3H3,(H,36,44)(H2,35,37,38,46). The number of aryl methyl sites for hydroxylation is 1. The van der Waals surface area contributed by atoms with Gasteiger partial charge in [-0.25, -0.2) is 9.48 Å². The van der Waals surface area contributed by atoms with Gasteiger partial charge in [-0.2, -0.15) is 5.10 Å². The SMILES string of the molecule is C=C(c1cc(C(=O)NC2CC2)cc(-c2cccc(-c3cc(NC(=O)Nc4c(O)cncc4Cl)c(=O)n(CC)n3)c2)c1)N(C)CCO. The molecular formula is C33H34ClN7O5. The molecule has 0 bridgehead atoms. The quantitative estimate of drug-likeness (QED) is 0.156. The van der Waals surface area contributed by atoms with Crippen molar-refractivity contribution >= 4 is 40.6 Å². The van der Waals surface area contributed by atoms with E-state index >= 15 is 0 Å². The van der Waals surface area contributed by atoms with E-state index in [1.807, 2.05) is 48.3 Å². The maximum Gasteiger partial charge on any atom is 0.323 e. The number of aliphatic hydroxyl groups is 1. The molecule has 0 aliphatic heterocycles. The Hall–Kier alpha value is -5.20. The molecule has 3 amide bonds. The third-order valence-corrected chi connectivity index (χ3v) is 7.76. The first kappa shape index (κ1) is 32.2. The molecule has 1 fully saturated rings. The summed E-state index contributed by atoms with van der Waals surface area (Å²) in [7, 11) is 1.82. The Bertz CT molecular complexity index is 1850. The lowest BCUT2D eigenvalue weighted by molar-refractivity contribution is 0.0951. The largest absolute Gasteiger partial charge is 0.504 e. The van der Waals surface area contributed by atoms with E-state index in [-0.39, 0.29) is 47.2 Å². The molecule has 12 nitrogen and oxygen atoms in total. The molecule has 46 heavy (non-hydrogen) atoms. The van der Waals surface area contributed by atoms with Gasteiger partial charge in [0.25, 0.3) is 11.5 Å². The third kappa shape index (κ3) is 7.36. The van der Waals surface area contributed by atoms with E-state index in [0.29, 0.717) is 29.1 Å². The Morgan fingerprint density at radius 3 is 2.50 bits per heavy atom. The number of nitrogens with zero attached hydrogens (tertiary/aromatic N) is 4. The average molecular weight is 644 g/mol. The van der Waals surface area contributed by atoms with Gasteiger partial charge in [0.05, 0.1) is 23.5 Å². The van der Waals surface area contributed by atoms with Gasteiger partial charge in [0.15, 0.2) is 5.75 Å². The summed E-state index contributed by atoms with van der Waals surface area (Å²) in [6.45, 7) is 6.53. The maximum absolute atomic E-state index is 13.1. The van der Waals surface area contributed by atoms with Gasteiger partial charge in [0.2, 0.25) is 0 Å².